The third kappa shape index (κ3) is 6.52. The number of hydrogen-bond donors (Lipinski definition) is 1. The van der Waals surface area contributed by atoms with Gasteiger partial charge in [0.15, 0.2) is 0 Å². The summed E-state index contributed by atoms with van der Waals surface area (Å²) in [6.45, 7) is 2.74. The van der Waals surface area contributed by atoms with Crippen molar-refractivity contribution in [3.8, 4) is 0 Å². The van der Waals surface area contributed by atoms with Gasteiger partial charge in [0, 0.05) is 12.8 Å². The van der Waals surface area contributed by atoms with Gasteiger partial charge in [-0.05, 0) is 12.0 Å². The van der Waals surface area contributed by atoms with Crippen LogP contribution in [0.15, 0.2) is 30.3 Å². The van der Waals surface area contributed by atoms with E-state index >= 15 is 0 Å². The van der Waals surface area contributed by atoms with Gasteiger partial charge in [-0.15, -0.1) is 0 Å². The number of aliphatic hydroxyl groups excluding tert-OH is 1. The molecule has 0 bridgehead atoms. The fourth-order valence-corrected chi connectivity index (χ4v) is 1.68. The van der Waals surface area contributed by atoms with Crippen LogP contribution in [0.1, 0.15) is 38.2 Å². The highest BCUT2D eigenvalue weighted by atomic mass is 16.5. The lowest BCUT2D eigenvalue weighted by atomic mass is 10.1. The summed E-state index contributed by atoms with van der Waals surface area (Å²) in [6.07, 6.45) is 1.99. The Morgan fingerprint density at radius 1 is 1.33 bits per heavy atom. The molecule has 0 aliphatic heterocycles. The van der Waals surface area contributed by atoms with Gasteiger partial charge in [-0.2, -0.15) is 0 Å². The fourth-order valence-electron chi connectivity index (χ4n) is 1.68. The molecule has 0 spiro atoms. The number of ketones is 1. The van der Waals surface area contributed by atoms with Crippen LogP contribution >= 0.6 is 0 Å². The normalized spacial score (nSPS) is 12.3. The van der Waals surface area contributed by atoms with Crippen LogP contribution in [-0.4, -0.2) is 23.6 Å². The van der Waals surface area contributed by atoms with E-state index in [9.17, 15) is 9.90 Å². The van der Waals surface area contributed by atoms with Crippen LogP contribution in [-0.2, 0) is 16.1 Å². The minimum Gasteiger partial charge on any atom is -0.390 e. The largest absolute Gasteiger partial charge is 0.390 e. The Bertz CT molecular complexity index is 335. The number of benzene rings is 1. The topological polar surface area (TPSA) is 46.5 Å². The van der Waals surface area contributed by atoms with Crippen LogP contribution in [0.4, 0.5) is 0 Å². The van der Waals surface area contributed by atoms with Crippen molar-refractivity contribution in [2.45, 2.75) is 45.3 Å². The molecule has 0 fully saturated rings. The van der Waals surface area contributed by atoms with Crippen molar-refractivity contribution in [2.75, 3.05) is 6.61 Å². The molecule has 1 atom stereocenters. The summed E-state index contributed by atoms with van der Waals surface area (Å²) in [7, 11) is 0. The van der Waals surface area contributed by atoms with E-state index in [0.29, 0.717) is 13.0 Å². The second-order valence-corrected chi connectivity index (χ2v) is 4.50. The van der Waals surface area contributed by atoms with Crippen LogP contribution in [0.3, 0.4) is 0 Å². The number of rotatable bonds is 9. The predicted octanol–water partition coefficient (Wildman–Crippen LogP) is 2.71. The van der Waals surface area contributed by atoms with Gasteiger partial charge in [-0.1, -0.05) is 43.7 Å². The van der Waals surface area contributed by atoms with Gasteiger partial charge in [-0.3, -0.25) is 4.79 Å². The Hall–Kier alpha value is -1.19. The van der Waals surface area contributed by atoms with Gasteiger partial charge in [0.25, 0.3) is 0 Å². The molecule has 0 radical (unpaired) electrons. The first-order chi connectivity index (χ1) is 8.72. The second kappa shape index (κ2) is 8.84. The first-order valence-electron chi connectivity index (χ1n) is 6.53. The maximum absolute atomic E-state index is 11.4. The molecule has 0 heterocycles. The third-order valence-electron chi connectivity index (χ3n) is 2.69. The van der Waals surface area contributed by atoms with Gasteiger partial charge < -0.3 is 9.84 Å². The highest BCUT2D eigenvalue weighted by molar-refractivity contribution is 5.78. The number of carbonyl (C=O) groups is 1. The first kappa shape index (κ1) is 14.9. The quantitative estimate of drug-likeness (QED) is 0.733. The summed E-state index contributed by atoms with van der Waals surface area (Å²) in [6, 6.07) is 9.79. The summed E-state index contributed by atoms with van der Waals surface area (Å²) in [5.41, 5.74) is 1.07. The summed E-state index contributed by atoms with van der Waals surface area (Å²) in [5.74, 6) is 0.118. The van der Waals surface area contributed by atoms with E-state index < -0.39 is 6.10 Å². The molecule has 3 heteroatoms. The van der Waals surface area contributed by atoms with Gasteiger partial charge in [0.05, 0.1) is 19.3 Å². The van der Waals surface area contributed by atoms with Gasteiger partial charge in [0.2, 0.25) is 0 Å². The highest BCUT2D eigenvalue weighted by Gasteiger charge is 2.10. The number of Topliss-reactive ketones (excluding diaryl/α,β-unsaturated/α-hetero) is 1. The zero-order valence-electron chi connectivity index (χ0n) is 11.0. The van der Waals surface area contributed by atoms with Gasteiger partial charge >= 0.3 is 0 Å². The van der Waals surface area contributed by atoms with Crippen molar-refractivity contribution < 1.29 is 14.6 Å². The minimum absolute atomic E-state index is 0.118. The molecule has 3 nitrogen and oxygen atoms in total. The molecular weight excluding hydrogens is 228 g/mol. The average molecular weight is 250 g/mol. The lowest BCUT2D eigenvalue weighted by Gasteiger charge is -2.10. The standard InChI is InChI=1S/C15H22O3/c1-2-3-9-14(16)10-15(17)12-18-11-13-7-5-4-6-8-13/h4-8,15,17H,2-3,9-12H2,1H3/t15-/m1/s1. The van der Waals surface area contributed by atoms with Crippen molar-refractivity contribution in [3.05, 3.63) is 35.9 Å². The zero-order valence-corrected chi connectivity index (χ0v) is 11.0. The molecule has 0 saturated heterocycles. The summed E-state index contributed by atoms with van der Waals surface area (Å²) >= 11 is 0. The molecule has 0 saturated carbocycles. The Kier molecular flexibility index (Phi) is 7.30. The zero-order chi connectivity index (χ0) is 13.2. The van der Waals surface area contributed by atoms with E-state index in [1.54, 1.807) is 0 Å². The van der Waals surface area contributed by atoms with Crippen LogP contribution in [0.25, 0.3) is 0 Å². The van der Waals surface area contributed by atoms with Crippen molar-refractivity contribution in [1.82, 2.24) is 0 Å². The Balaban J connectivity index is 2.13. The molecule has 100 valence electrons. The van der Waals surface area contributed by atoms with Gasteiger partial charge in [-0.25, -0.2) is 0 Å². The smallest absolute Gasteiger partial charge is 0.135 e. The molecule has 0 amide bonds. The molecule has 0 aromatic heterocycles. The van der Waals surface area contributed by atoms with Crippen LogP contribution in [0.2, 0.25) is 0 Å². The fraction of sp³-hybridized carbons (Fsp3) is 0.533. The van der Waals surface area contributed by atoms with Crippen molar-refractivity contribution in [2.24, 2.45) is 0 Å². The Morgan fingerprint density at radius 2 is 2.06 bits per heavy atom. The molecular formula is C15H22O3. The van der Waals surface area contributed by atoms with E-state index in [0.717, 1.165) is 18.4 Å². The van der Waals surface area contributed by atoms with Crippen LogP contribution in [0, 0.1) is 0 Å². The van der Waals surface area contributed by atoms with Crippen molar-refractivity contribution in [1.29, 1.82) is 0 Å². The van der Waals surface area contributed by atoms with E-state index in [1.807, 2.05) is 37.3 Å². The Labute approximate surface area is 109 Å². The number of aliphatic hydroxyl groups is 1. The number of hydrogen-bond acceptors (Lipinski definition) is 3. The average Bonchev–Trinajstić information content (AvgIpc) is 2.37. The lowest BCUT2D eigenvalue weighted by molar-refractivity contribution is -0.122. The maximum atomic E-state index is 11.4. The molecule has 0 unspecified atom stereocenters. The van der Waals surface area contributed by atoms with E-state index in [-0.39, 0.29) is 18.8 Å². The van der Waals surface area contributed by atoms with Gasteiger partial charge in [0.1, 0.15) is 5.78 Å². The van der Waals surface area contributed by atoms with E-state index in [1.165, 1.54) is 0 Å². The molecule has 0 aliphatic rings. The SMILES string of the molecule is CCCCC(=O)C[C@@H](O)COCc1ccccc1. The maximum Gasteiger partial charge on any atom is 0.135 e. The summed E-state index contributed by atoms with van der Waals surface area (Å²) in [4.78, 5) is 11.4. The number of unbranched alkanes of at least 4 members (excludes halogenated alkanes) is 1. The van der Waals surface area contributed by atoms with Crippen molar-refractivity contribution in [3.63, 3.8) is 0 Å². The molecule has 1 rings (SSSR count). The third-order valence-corrected chi connectivity index (χ3v) is 2.69. The minimum atomic E-state index is -0.682. The highest BCUT2D eigenvalue weighted by Crippen LogP contribution is 2.05. The first-order valence-corrected chi connectivity index (χ1v) is 6.53. The number of carbonyl (C=O) groups excluding carboxylic acids is 1. The lowest BCUT2D eigenvalue weighted by Crippen LogP contribution is -2.19. The number of ether oxygens (including phenoxy) is 1. The predicted molar refractivity (Wildman–Crippen MR) is 71.3 cm³/mol. The van der Waals surface area contributed by atoms with Crippen molar-refractivity contribution >= 4 is 5.78 Å². The van der Waals surface area contributed by atoms with Crippen LogP contribution in [0.5, 0.6) is 0 Å². The molecule has 1 aromatic carbocycles. The molecule has 0 aliphatic carbocycles. The molecule has 1 N–H and O–H groups in total. The van der Waals surface area contributed by atoms with E-state index in [2.05, 4.69) is 0 Å². The van der Waals surface area contributed by atoms with Crippen LogP contribution < -0.4 is 0 Å². The molecule has 18 heavy (non-hydrogen) atoms. The second-order valence-electron chi connectivity index (χ2n) is 4.50. The van der Waals surface area contributed by atoms with E-state index in [4.69, 9.17) is 4.74 Å². The monoisotopic (exact) mass is 250 g/mol. The molecule has 1 aromatic rings. The summed E-state index contributed by atoms with van der Waals surface area (Å²) in [5, 5.41) is 9.65. The summed E-state index contributed by atoms with van der Waals surface area (Å²) < 4.78 is 5.38. The Morgan fingerprint density at radius 3 is 2.72 bits per heavy atom.